The lowest BCUT2D eigenvalue weighted by atomic mass is 10.2. The largest absolute Gasteiger partial charge is 0.371 e. The molecule has 2 fully saturated rings. The quantitative estimate of drug-likeness (QED) is 0.824. The lowest BCUT2D eigenvalue weighted by molar-refractivity contribution is -0.116. The van der Waals surface area contributed by atoms with Crippen LogP contribution in [0.1, 0.15) is 12.0 Å². The third kappa shape index (κ3) is 3.71. The Morgan fingerprint density at radius 2 is 1.96 bits per heavy atom. The van der Waals surface area contributed by atoms with Crippen LogP contribution >= 0.6 is 0 Å². The van der Waals surface area contributed by atoms with Gasteiger partial charge in [-0.3, -0.25) is 14.8 Å². The van der Waals surface area contributed by atoms with Gasteiger partial charge < -0.3 is 10.2 Å². The number of pyridine rings is 2. The van der Waals surface area contributed by atoms with E-state index in [0.29, 0.717) is 0 Å². The van der Waals surface area contributed by atoms with Gasteiger partial charge in [-0.15, -0.1) is 0 Å². The van der Waals surface area contributed by atoms with E-state index in [9.17, 15) is 4.79 Å². The Morgan fingerprint density at radius 1 is 1.16 bits per heavy atom. The predicted molar refractivity (Wildman–Crippen MR) is 97.8 cm³/mol. The molecule has 0 aromatic carbocycles. The normalized spacial score (nSPS) is 24.3. The second kappa shape index (κ2) is 7.05. The number of rotatable bonds is 6. The van der Waals surface area contributed by atoms with Crippen molar-refractivity contribution in [2.45, 2.75) is 6.42 Å². The van der Waals surface area contributed by atoms with E-state index in [1.165, 1.54) is 5.69 Å². The van der Waals surface area contributed by atoms with Gasteiger partial charge in [-0.1, -0.05) is 6.07 Å². The minimum absolute atomic E-state index is 0.0342. The molecule has 2 aliphatic rings. The number of carbonyl (C=O) groups excluding carboxylic acids is 1. The number of nitrogens with zero attached hydrogens (tertiary/aromatic N) is 3. The number of anilines is 1. The third-order valence-corrected chi connectivity index (χ3v) is 5.29. The summed E-state index contributed by atoms with van der Waals surface area (Å²) in [5.74, 6) is 2.31. The zero-order valence-corrected chi connectivity index (χ0v) is 14.1. The highest BCUT2D eigenvalue weighted by Gasteiger charge is 2.54. The van der Waals surface area contributed by atoms with Crippen molar-refractivity contribution in [3.63, 3.8) is 0 Å². The Hall–Kier alpha value is -2.69. The first-order chi connectivity index (χ1) is 12.3. The first-order valence-corrected chi connectivity index (χ1v) is 8.82. The van der Waals surface area contributed by atoms with E-state index in [1.54, 1.807) is 24.5 Å². The van der Waals surface area contributed by atoms with Gasteiger partial charge in [0.15, 0.2) is 0 Å². The molecule has 128 valence electrons. The van der Waals surface area contributed by atoms with Crippen LogP contribution in [0.25, 0.3) is 6.08 Å². The molecule has 25 heavy (non-hydrogen) atoms. The Kier molecular flexibility index (Phi) is 4.46. The molecule has 3 heterocycles. The van der Waals surface area contributed by atoms with Gasteiger partial charge in [0.05, 0.1) is 0 Å². The Balaban J connectivity index is 1.17. The number of aromatic nitrogens is 2. The Labute approximate surface area is 147 Å². The highest BCUT2D eigenvalue weighted by Crippen LogP contribution is 2.54. The highest BCUT2D eigenvalue weighted by atomic mass is 16.1. The number of fused-ring (bicyclic) bond motifs is 1. The summed E-state index contributed by atoms with van der Waals surface area (Å²) < 4.78 is 0. The molecule has 0 bridgehead atoms. The zero-order valence-electron chi connectivity index (χ0n) is 14.1. The van der Waals surface area contributed by atoms with Crippen LogP contribution in [0.15, 0.2) is 55.1 Å². The lowest BCUT2D eigenvalue weighted by Crippen LogP contribution is -2.26. The summed E-state index contributed by atoms with van der Waals surface area (Å²) in [4.78, 5) is 22.4. The minimum Gasteiger partial charge on any atom is -0.371 e. The van der Waals surface area contributed by atoms with Gasteiger partial charge in [0.2, 0.25) is 5.91 Å². The van der Waals surface area contributed by atoms with Gasteiger partial charge in [-0.25, -0.2) is 0 Å². The summed E-state index contributed by atoms with van der Waals surface area (Å²) in [6.45, 7) is 3.02. The molecule has 1 amide bonds. The molecule has 5 heteroatoms. The van der Waals surface area contributed by atoms with E-state index in [-0.39, 0.29) is 5.91 Å². The monoisotopic (exact) mass is 334 g/mol. The first-order valence-electron chi connectivity index (χ1n) is 8.82. The maximum atomic E-state index is 11.9. The van der Waals surface area contributed by atoms with E-state index < -0.39 is 0 Å². The Morgan fingerprint density at radius 3 is 2.68 bits per heavy atom. The fraction of sp³-hybridized carbons (Fsp3) is 0.350. The molecule has 3 atom stereocenters. The molecule has 2 aromatic heterocycles. The number of amides is 1. The van der Waals surface area contributed by atoms with Crippen LogP contribution in [0.3, 0.4) is 0 Å². The number of piperidine rings is 1. The molecule has 1 saturated carbocycles. The molecular weight excluding hydrogens is 312 g/mol. The van der Waals surface area contributed by atoms with Crippen LogP contribution < -0.4 is 10.2 Å². The summed E-state index contributed by atoms with van der Waals surface area (Å²) in [6, 6.07) is 7.94. The topological polar surface area (TPSA) is 58.1 Å². The van der Waals surface area contributed by atoms with Crippen molar-refractivity contribution in [2.75, 3.05) is 24.5 Å². The number of carbonyl (C=O) groups is 1. The zero-order chi connectivity index (χ0) is 17.1. The first kappa shape index (κ1) is 15.8. The molecule has 1 aliphatic carbocycles. The van der Waals surface area contributed by atoms with Crippen LogP contribution in [-0.4, -0.2) is 35.5 Å². The smallest absolute Gasteiger partial charge is 0.244 e. The van der Waals surface area contributed by atoms with Gasteiger partial charge in [-0.2, -0.15) is 0 Å². The summed E-state index contributed by atoms with van der Waals surface area (Å²) in [6.07, 6.45) is 11.6. The molecule has 1 aliphatic heterocycles. The van der Waals surface area contributed by atoms with E-state index in [1.807, 2.05) is 24.5 Å². The summed E-state index contributed by atoms with van der Waals surface area (Å²) in [5, 5.41) is 2.99. The van der Waals surface area contributed by atoms with Gasteiger partial charge in [0, 0.05) is 56.2 Å². The molecule has 2 aromatic rings. The molecular formula is C20H22N4O. The lowest BCUT2D eigenvalue weighted by Gasteiger charge is -2.21. The van der Waals surface area contributed by atoms with Crippen molar-refractivity contribution in [3.8, 4) is 0 Å². The minimum atomic E-state index is -0.0342. The van der Waals surface area contributed by atoms with Crippen LogP contribution in [0, 0.1) is 17.8 Å². The van der Waals surface area contributed by atoms with Crippen LogP contribution in [0.5, 0.6) is 0 Å². The molecule has 0 spiro atoms. The van der Waals surface area contributed by atoms with Gasteiger partial charge in [-0.05, 0) is 54.0 Å². The molecule has 0 radical (unpaired) electrons. The average molecular weight is 334 g/mol. The number of nitrogens with one attached hydrogen (secondary N) is 1. The van der Waals surface area contributed by atoms with E-state index in [0.717, 1.165) is 49.4 Å². The molecule has 5 nitrogen and oxygen atoms in total. The maximum absolute atomic E-state index is 11.9. The van der Waals surface area contributed by atoms with Crippen molar-refractivity contribution in [1.29, 1.82) is 0 Å². The van der Waals surface area contributed by atoms with Gasteiger partial charge in [0.25, 0.3) is 0 Å². The van der Waals surface area contributed by atoms with Crippen molar-refractivity contribution < 1.29 is 4.79 Å². The second-order valence-electron chi connectivity index (χ2n) is 6.80. The summed E-state index contributed by atoms with van der Waals surface area (Å²) >= 11 is 0. The molecule has 1 saturated heterocycles. The van der Waals surface area contributed by atoms with Crippen molar-refractivity contribution in [2.24, 2.45) is 17.8 Å². The summed E-state index contributed by atoms with van der Waals surface area (Å²) in [5.41, 5.74) is 2.21. The van der Waals surface area contributed by atoms with E-state index in [2.05, 4.69) is 32.3 Å². The van der Waals surface area contributed by atoms with Gasteiger partial charge >= 0.3 is 0 Å². The fourth-order valence-corrected chi connectivity index (χ4v) is 3.91. The molecule has 1 N–H and O–H groups in total. The fourth-order valence-electron chi connectivity index (χ4n) is 3.91. The van der Waals surface area contributed by atoms with E-state index >= 15 is 0 Å². The van der Waals surface area contributed by atoms with Crippen LogP contribution in [0.2, 0.25) is 0 Å². The predicted octanol–water partition coefficient (Wildman–Crippen LogP) is 2.38. The third-order valence-electron chi connectivity index (χ3n) is 5.29. The number of hydrogen-bond acceptors (Lipinski definition) is 4. The SMILES string of the molecule is O=C(/C=C/c1cccnc1)NCCC1[C@H]2CN(c3ccncc3)C[C@@H]12. The summed E-state index contributed by atoms with van der Waals surface area (Å²) in [7, 11) is 0. The standard InChI is InChI=1S/C20H22N4O/c25-20(4-3-15-2-1-8-22-12-15)23-11-7-17-18-13-24(14-19(17)18)16-5-9-21-10-6-16/h1-6,8-10,12,17-19H,7,11,13-14H2,(H,23,25)/b4-3+/t17?,18-,19+. The van der Waals surface area contributed by atoms with Crippen molar-refractivity contribution in [1.82, 2.24) is 15.3 Å². The number of hydrogen-bond donors (Lipinski definition) is 1. The average Bonchev–Trinajstić information content (AvgIpc) is 3.11. The van der Waals surface area contributed by atoms with Crippen molar-refractivity contribution >= 4 is 17.7 Å². The van der Waals surface area contributed by atoms with Crippen molar-refractivity contribution in [3.05, 3.63) is 60.7 Å². The van der Waals surface area contributed by atoms with Crippen LogP contribution in [-0.2, 0) is 4.79 Å². The molecule has 4 rings (SSSR count). The molecule has 1 unspecified atom stereocenters. The van der Waals surface area contributed by atoms with E-state index in [4.69, 9.17) is 0 Å². The maximum Gasteiger partial charge on any atom is 0.244 e. The highest BCUT2D eigenvalue weighted by molar-refractivity contribution is 5.91. The van der Waals surface area contributed by atoms with Gasteiger partial charge in [0.1, 0.15) is 0 Å². The Bertz CT molecular complexity index is 735. The van der Waals surface area contributed by atoms with Crippen LogP contribution in [0.4, 0.5) is 5.69 Å². The second-order valence-corrected chi connectivity index (χ2v) is 6.80.